The summed E-state index contributed by atoms with van der Waals surface area (Å²) in [5, 5.41) is 6.96. The Hall–Kier alpha value is -4.69. The van der Waals surface area contributed by atoms with Crippen molar-refractivity contribution in [1.29, 1.82) is 0 Å². The number of alkyl carbamates (subject to hydrolysis) is 1. The lowest BCUT2D eigenvalue weighted by molar-refractivity contribution is -0.155. The summed E-state index contributed by atoms with van der Waals surface area (Å²) in [7, 11) is 0. The van der Waals surface area contributed by atoms with Crippen molar-refractivity contribution in [2.75, 3.05) is 6.54 Å². The summed E-state index contributed by atoms with van der Waals surface area (Å²) in [6.45, 7) is 6.37. The Bertz CT molecular complexity index is 1200. The van der Waals surface area contributed by atoms with Crippen LogP contribution in [-0.2, 0) is 44.8 Å². The maximum absolute atomic E-state index is 13.5. The van der Waals surface area contributed by atoms with E-state index in [0.717, 1.165) is 5.56 Å². The number of nitrogens with two attached hydrogens (primary N) is 2. The fourth-order valence-corrected chi connectivity index (χ4v) is 4.23. The smallest absolute Gasteiger partial charge is 0.408 e. The standard InChI is InChI=1S/C28H40N6O9/c1-16(31-27(41)43-28(2,3)4)23(37)32-18(13-21(29)35)24(38)33-19(14-22(30)36)25(39)34-12-8-11-20(34)26(40)42-15-17-9-6-5-7-10-17/h5-7,9-10,16,18-20H,8,11-15H2,1-4H3,(H2,29,35)(H2,30,36)(H,31,41)(H,32,37)(H,33,38)/t16-,18-,19-,20-/m0/s1. The minimum absolute atomic E-state index is 0.00461. The SMILES string of the molecule is C[C@H](NC(=O)OC(C)(C)C)C(=O)N[C@@H](CC(N)=O)C(=O)N[C@@H](CC(N)=O)C(=O)N1CCC[C@H]1C(=O)OCc1ccccc1. The first-order chi connectivity index (χ1) is 20.1. The highest BCUT2D eigenvalue weighted by Crippen LogP contribution is 2.21. The molecule has 0 unspecified atom stereocenters. The Morgan fingerprint density at radius 1 is 0.907 bits per heavy atom. The van der Waals surface area contributed by atoms with Crippen LogP contribution >= 0.6 is 0 Å². The number of carbonyl (C=O) groups excluding carboxylic acids is 7. The van der Waals surface area contributed by atoms with Crippen LogP contribution in [-0.4, -0.2) is 82.8 Å². The summed E-state index contributed by atoms with van der Waals surface area (Å²) in [4.78, 5) is 88.9. The number of benzene rings is 1. The summed E-state index contributed by atoms with van der Waals surface area (Å²) < 4.78 is 10.5. The third kappa shape index (κ3) is 11.6. The zero-order valence-corrected chi connectivity index (χ0v) is 24.7. The van der Waals surface area contributed by atoms with Gasteiger partial charge in [0.05, 0.1) is 12.8 Å². The zero-order valence-electron chi connectivity index (χ0n) is 24.7. The minimum atomic E-state index is -1.57. The molecule has 43 heavy (non-hydrogen) atoms. The lowest BCUT2D eigenvalue weighted by Crippen LogP contribution is -2.58. The molecule has 0 aliphatic carbocycles. The number of nitrogens with one attached hydrogen (secondary N) is 3. The van der Waals surface area contributed by atoms with Crippen LogP contribution in [0.15, 0.2) is 30.3 Å². The zero-order chi connectivity index (χ0) is 32.3. The largest absolute Gasteiger partial charge is 0.459 e. The van der Waals surface area contributed by atoms with Crippen LogP contribution < -0.4 is 27.4 Å². The van der Waals surface area contributed by atoms with Crippen LogP contribution in [0.2, 0.25) is 0 Å². The molecule has 1 aromatic carbocycles. The van der Waals surface area contributed by atoms with E-state index in [0.29, 0.717) is 12.8 Å². The molecule has 0 aromatic heterocycles. The van der Waals surface area contributed by atoms with E-state index in [2.05, 4.69) is 16.0 Å². The van der Waals surface area contributed by atoms with Gasteiger partial charge in [-0.15, -0.1) is 0 Å². The van der Waals surface area contributed by atoms with Crippen molar-refractivity contribution in [2.24, 2.45) is 11.5 Å². The Morgan fingerprint density at radius 3 is 2.07 bits per heavy atom. The topological polar surface area (TPSA) is 229 Å². The molecular weight excluding hydrogens is 564 g/mol. The van der Waals surface area contributed by atoms with E-state index in [1.165, 1.54) is 11.8 Å². The monoisotopic (exact) mass is 604 g/mol. The number of rotatable bonds is 13. The third-order valence-corrected chi connectivity index (χ3v) is 6.22. The average Bonchev–Trinajstić information content (AvgIpc) is 3.39. The fourth-order valence-electron chi connectivity index (χ4n) is 4.23. The lowest BCUT2D eigenvalue weighted by atomic mass is 10.1. The van der Waals surface area contributed by atoms with Crippen LogP contribution in [0.3, 0.4) is 0 Å². The second-order valence-corrected chi connectivity index (χ2v) is 11.1. The van der Waals surface area contributed by atoms with E-state index in [4.69, 9.17) is 20.9 Å². The molecule has 1 saturated heterocycles. The molecule has 1 heterocycles. The molecule has 0 saturated carbocycles. The van der Waals surface area contributed by atoms with Crippen molar-refractivity contribution >= 4 is 41.6 Å². The van der Waals surface area contributed by atoms with Crippen molar-refractivity contribution in [3.8, 4) is 0 Å². The number of primary amides is 2. The van der Waals surface area contributed by atoms with Gasteiger partial charge in [-0.2, -0.15) is 0 Å². The Labute approximate surface area is 249 Å². The predicted molar refractivity (Wildman–Crippen MR) is 151 cm³/mol. The Kier molecular flexibility index (Phi) is 12.5. The van der Waals surface area contributed by atoms with Crippen molar-refractivity contribution in [1.82, 2.24) is 20.9 Å². The van der Waals surface area contributed by atoms with Gasteiger partial charge in [0, 0.05) is 6.54 Å². The number of amides is 6. The molecule has 236 valence electrons. The van der Waals surface area contributed by atoms with Crippen LogP contribution in [0.1, 0.15) is 58.9 Å². The molecule has 0 radical (unpaired) electrons. The van der Waals surface area contributed by atoms with Gasteiger partial charge in [0.15, 0.2) is 0 Å². The van der Waals surface area contributed by atoms with Gasteiger partial charge >= 0.3 is 12.1 Å². The number of hydrogen-bond donors (Lipinski definition) is 5. The highest BCUT2D eigenvalue weighted by molar-refractivity contribution is 5.98. The van der Waals surface area contributed by atoms with E-state index in [1.807, 2.05) is 6.07 Å². The van der Waals surface area contributed by atoms with Crippen molar-refractivity contribution in [3.63, 3.8) is 0 Å². The summed E-state index contributed by atoms with van der Waals surface area (Å²) >= 11 is 0. The first-order valence-electron chi connectivity index (χ1n) is 13.7. The summed E-state index contributed by atoms with van der Waals surface area (Å²) in [6, 6.07) is 3.72. The van der Waals surface area contributed by atoms with Gasteiger partial charge in [-0.3, -0.25) is 24.0 Å². The first-order valence-corrected chi connectivity index (χ1v) is 13.7. The molecule has 15 nitrogen and oxygen atoms in total. The number of esters is 1. The van der Waals surface area contributed by atoms with E-state index < -0.39 is 84.2 Å². The van der Waals surface area contributed by atoms with Gasteiger partial charge in [-0.1, -0.05) is 30.3 Å². The van der Waals surface area contributed by atoms with Gasteiger partial charge < -0.3 is 41.8 Å². The molecule has 1 aromatic rings. The number of hydrogen-bond acceptors (Lipinski definition) is 9. The van der Waals surface area contributed by atoms with E-state index >= 15 is 0 Å². The molecule has 1 fully saturated rings. The van der Waals surface area contributed by atoms with Crippen LogP contribution in [0.25, 0.3) is 0 Å². The van der Waals surface area contributed by atoms with Crippen molar-refractivity contribution in [3.05, 3.63) is 35.9 Å². The van der Waals surface area contributed by atoms with Crippen molar-refractivity contribution < 1.29 is 43.0 Å². The van der Waals surface area contributed by atoms with Gasteiger partial charge in [-0.05, 0) is 46.1 Å². The molecule has 1 aliphatic heterocycles. The normalized spacial score (nSPS) is 16.7. The second kappa shape index (κ2) is 15.5. The van der Waals surface area contributed by atoms with Crippen LogP contribution in [0, 0.1) is 0 Å². The minimum Gasteiger partial charge on any atom is -0.459 e. The fraction of sp³-hybridized carbons (Fsp3) is 0.536. The van der Waals surface area contributed by atoms with E-state index in [1.54, 1.807) is 45.0 Å². The van der Waals surface area contributed by atoms with Gasteiger partial charge in [0.1, 0.15) is 36.4 Å². The number of ether oxygens (including phenoxy) is 2. The average molecular weight is 605 g/mol. The number of likely N-dealkylation sites (tertiary alicyclic amines) is 1. The molecule has 6 amide bonds. The maximum Gasteiger partial charge on any atom is 0.408 e. The van der Waals surface area contributed by atoms with E-state index in [-0.39, 0.29) is 13.2 Å². The van der Waals surface area contributed by atoms with E-state index in [9.17, 15) is 33.6 Å². The highest BCUT2D eigenvalue weighted by atomic mass is 16.6. The van der Waals surface area contributed by atoms with Crippen LogP contribution in [0.5, 0.6) is 0 Å². The summed E-state index contributed by atoms with van der Waals surface area (Å²) in [6.07, 6.45) is -1.40. The van der Waals surface area contributed by atoms with Crippen molar-refractivity contribution in [2.45, 2.75) is 89.8 Å². The molecule has 15 heteroatoms. The van der Waals surface area contributed by atoms with Crippen LogP contribution in [0.4, 0.5) is 4.79 Å². The number of nitrogens with zero attached hydrogens (tertiary/aromatic N) is 1. The van der Waals surface area contributed by atoms with Gasteiger partial charge in [-0.25, -0.2) is 9.59 Å². The Morgan fingerprint density at radius 2 is 1.49 bits per heavy atom. The molecule has 0 bridgehead atoms. The molecule has 1 aliphatic rings. The molecule has 0 spiro atoms. The van der Waals surface area contributed by atoms with Gasteiger partial charge in [0.2, 0.25) is 29.5 Å². The number of carbonyl (C=O) groups is 7. The second-order valence-electron chi connectivity index (χ2n) is 11.1. The molecule has 2 rings (SSSR count). The lowest BCUT2D eigenvalue weighted by Gasteiger charge is -2.29. The summed E-state index contributed by atoms with van der Waals surface area (Å²) in [5.41, 5.74) is 10.5. The Balaban J connectivity index is 2.12. The third-order valence-electron chi connectivity index (χ3n) is 6.22. The molecule has 4 atom stereocenters. The van der Waals surface area contributed by atoms with Gasteiger partial charge in [0.25, 0.3) is 0 Å². The quantitative estimate of drug-likeness (QED) is 0.180. The highest BCUT2D eigenvalue weighted by Gasteiger charge is 2.40. The first kappa shape index (κ1) is 34.5. The molecular formula is C28H40N6O9. The predicted octanol–water partition coefficient (Wildman–Crippen LogP) is -0.646. The molecule has 7 N–H and O–H groups in total. The maximum atomic E-state index is 13.5. The summed E-state index contributed by atoms with van der Waals surface area (Å²) in [5.74, 6) is -5.16.